The predicted octanol–water partition coefficient (Wildman–Crippen LogP) is 4.94. The van der Waals surface area contributed by atoms with E-state index in [0.29, 0.717) is 50.6 Å². The van der Waals surface area contributed by atoms with Gasteiger partial charge in [-0.05, 0) is 29.8 Å². The fourth-order valence-corrected chi connectivity index (χ4v) is 4.94. The van der Waals surface area contributed by atoms with E-state index in [-0.39, 0.29) is 10.6 Å². The first-order valence-corrected chi connectivity index (χ1v) is 12.3. The Bertz CT molecular complexity index is 1500. The molecular formula is C27H26N2O5S. The molecule has 0 aliphatic rings. The zero-order valence-corrected chi connectivity index (χ0v) is 20.4. The predicted molar refractivity (Wildman–Crippen MR) is 138 cm³/mol. The Balaban J connectivity index is 2.30. The summed E-state index contributed by atoms with van der Waals surface area (Å²) in [5, 5.41) is 5.64. The average Bonchev–Trinajstić information content (AvgIpc) is 2.87. The number of methoxy groups -OCH3 is 3. The molecule has 0 spiro atoms. The van der Waals surface area contributed by atoms with Gasteiger partial charge in [-0.3, -0.25) is 0 Å². The van der Waals surface area contributed by atoms with Crippen LogP contribution in [0, 0.1) is 0 Å². The summed E-state index contributed by atoms with van der Waals surface area (Å²) in [4.78, 5) is -0.196. The summed E-state index contributed by atoms with van der Waals surface area (Å²) in [6.45, 7) is 0. The van der Waals surface area contributed by atoms with Gasteiger partial charge in [0.1, 0.15) is 22.1 Å². The average molecular weight is 491 g/mol. The van der Waals surface area contributed by atoms with Gasteiger partial charge in [0.15, 0.2) is 0 Å². The molecule has 0 aliphatic heterocycles. The van der Waals surface area contributed by atoms with Crippen LogP contribution in [0.2, 0.25) is 0 Å². The molecule has 0 atom stereocenters. The minimum Gasteiger partial charge on any atom is -0.496 e. The minimum absolute atomic E-state index is 0.0107. The Morgan fingerprint density at radius 1 is 0.600 bits per heavy atom. The normalized spacial score (nSPS) is 11.2. The second-order valence-electron chi connectivity index (χ2n) is 7.73. The molecule has 4 aromatic carbocycles. The van der Waals surface area contributed by atoms with Crippen LogP contribution in [0.5, 0.6) is 17.2 Å². The molecule has 0 unspecified atom stereocenters. The van der Waals surface area contributed by atoms with Gasteiger partial charge in [-0.25, -0.2) is 13.6 Å². The fourth-order valence-electron chi connectivity index (χ4n) is 4.25. The lowest BCUT2D eigenvalue weighted by Crippen LogP contribution is -2.16. The maximum Gasteiger partial charge on any atom is 0.240 e. The molecule has 0 bridgehead atoms. The van der Waals surface area contributed by atoms with Gasteiger partial charge >= 0.3 is 0 Å². The number of nitrogens with two attached hydrogens (primary N) is 2. The first kappa shape index (κ1) is 24.1. The molecule has 0 aromatic heterocycles. The van der Waals surface area contributed by atoms with E-state index < -0.39 is 10.0 Å². The molecule has 0 fully saturated rings. The standard InChI is InChI=1S/C27H26N2O5S/c1-32-21-13-7-4-10-17(21)20-16-24(35(29,30)31)27(28)26(19-12-6-9-15-23(19)34-3)25(20)18-11-5-8-14-22(18)33-2/h4-16H,28H2,1-3H3,(H2,29,30,31). The SMILES string of the molecule is COc1ccccc1-c1cc(S(N)(=O)=O)c(N)c(-c2ccccc2OC)c1-c1ccccc1OC. The number of anilines is 1. The smallest absolute Gasteiger partial charge is 0.240 e. The van der Waals surface area contributed by atoms with Crippen LogP contribution in [0.25, 0.3) is 33.4 Å². The van der Waals surface area contributed by atoms with E-state index in [2.05, 4.69) is 0 Å². The van der Waals surface area contributed by atoms with Crippen molar-refractivity contribution in [3.63, 3.8) is 0 Å². The quantitative estimate of drug-likeness (QED) is 0.355. The molecule has 35 heavy (non-hydrogen) atoms. The first-order valence-electron chi connectivity index (χ1n) is 10.7. The van der Waals surface area contributed by atoms with Crippen LogP contribution in [0.3, 0.4) is 0 Å². The Morgan fingerprint density at radius 3 is 1.46 bits per heavy atom. The number of hydrogen-bond acceptors (Lipinski definition) is 6. The summed E-state index contributed by atoms with van der Waals surface area (Å²) in [5.41, 5.74) is 10.3. The maximum absolute atomic E-state index is 12.7. The second kappa shape index (κ2) is 9.69. The van der Waals surface area contributed by atoms with E-state index in [4.69, 9.17) is 25.1 Å². The lowest BCUT2D eigenvalue weighted by Gasteiger charge is -2.23. The summed E-state index contributed by atoms with van der Waals surface area (Å²) in [5.74, 6) is 1.66. The number of nitrogen functional groups attached to an aromatic ring is 1. The highest BCUT2D eigenvalue weighted by atomic mass is 32.2. The van der Waals surface area contributed by atoms with Crippen LogP contribution in [-0.4, -0.2) is 29.7 Å². The number of primary sulfonamides is 1. The molecule has 4 aromatic rings. The van der Waals surface area contributed by atoms with E-state index >= 15 is 0 Å². The maximum atomic E-state index is 12.7. The number of ether oxygens (including phenoxy) is 3. The van der Waals surface area contributed by atoms with Crippen LogP contribution in [0.15, 0.2) is 83.8 Å². The Hall–Kier alpha value is -4.01. The number of para-hydroxylation sites is 3. The van der Waals surface area contributed by atoms with Gasteiger partial charge in [-0.2, -0.15) is 0 Å². The summed E-state index contributed by atoms with van der Waals surface area (Å²) in [6, 6.07) is 23.5. The van der Waals surface area contributed by atoms with Crippen molar-refractivity contribution in [1.82, 2.24) is 0 Å². The van der Waals surface area contributed by atoms with Gasteiger partial charge < -0.3 is 19.9 Å². The summed E-state index contributed by atoms with van der Waals surface area (Å²) >= 11 is 0. The van der Waals surface area contributed by atoms with Gasteiger partial charge in [0, 0.05) is 27.8 Å². The lowest BCUT2D eigenvalue weighted by molar-refractivity contribution is 0.415. The molecular weight excluding hydrogens is 464 g/mol. The number of rotatable bonds is 7. The molecule has 0 aliphatic carbocycles. The van der Waals surface area contributed by atoms with E-state index in [1.807, 2.05) is 60.7 Å². The molecule has 0 saturated heterocycles. The van der Waals surface area contributed by atoms with Crippen molar-refractivity contribution in [3.05, 3.63) is 78.9 Å². The van der Waals surface area contributed by atoms with E-state index in [1.165, 1.54) is 6.07 Å². The first-order chi connectivity index (χ1) is 16.8. The van der Waals surface area contributed by atoms with Crippen molar-refractivity contribution in [2.24, 2.45) is 5.14 Å². The summed E-state index contributed by atoms with van der Waals surface area (Å²) in [7, 11) is 0.490. The van der Waals surface area contributed by atoms with Crippen LogP contribution in [0.1, 0.15) is 0 Å². The van der Waals surface area contributed by atoms with Crippen molar-refractivity contribution in [1.29, 1.82) is 0 Å². The molecule has 0 saturated carbocycles. The van der Waals surface area contributed by atoms with Crippen LogP contribution in [0.4, 0.5) is 5.69 Å². The zero-order valence-electron chi connectivity index (χ0n) is 19.6. The molecule has 0 radical (unpaired) electrons. The van der Waals surface area contributed by atoms with Crippen LogP contribution < -0.4 is 25.1 Å². The van der Waals surface area contributed by atoms with Crippen molar-refractivity contribution < 1.29 is 22.6 Å². The summed E-state index contributed by atoms with van der Waals surface area (Å²) < 4.78 is 42.4. The number of benzene rings is 4. The molecule has 0 amide bonds. The van der Waals surface area contributed by atoms with Gasteiger partial charge in [0.2, 0.25) is 10.0 Å². The third kappa shape index (κ3) is 4.41. The molecule has 4 N–H and O–H groups in total. The second-order valence-corrected chi connectivity index (χ2v) is 9.26. The molecule has 8 heteroatoms. The molecule has 180 valence electrons. The van der Waals surface area contributed by atoms with Crippen molar-refractivity contribution in [2.45, 2.75) is 4.90 Å². The van der Waals surface area contributed by atoms with Gasteiger partial charge in [0.05, 0.1) is 27.0 Å². The fraction of sp³-hybridized carbons (Fsp3) is 0.111. The third-order valence-corrected chi connectivity index (χ3v) is 6.74. The highest BCUT2D eigenvalue weighted by molar-refractivity contribution is 7.89. The van der Waals surface area contributed by atoms with Crippen molar-refractivity contribution in [2.75, 3.05) is 27.1 Å². The monoisotopic (exact) mass is 490 g/mol. The van der Waals surface area contributed by atoms with Crippen molar-refractivity contribution in [3.8, 4) is 50.6 Å². The molecule has 4 rings (SSSR count). The molecule has 7 nitrogen and oxygen atoms in total. The topological polar surface area (TPSA) is 114 Å². The Morgan fingerprint density at radius 2 is 1.00 bits per heavy atom. The van der Waals surface area contributed by atoms with Crippen LogP contribution >= 0.6 is 0 Å². The zero-order chi connectivity index (χ0) is 25.2. The van der Waals surface area contributed by atoms with E-state index in [9.17, 15) is 8.42 Å². The highest BCUT2D eigenvalue weighted by Crippen LogP contribution is 2.51. The lowest BCUT2D eigenvalue weighted by atomic mass is 9.85. The van der Waals surface area contributed by atoms with Gasteiger partial charge in [0.25, 0.3) is 0 Å². The minimum atomic E-state index is -4.19. The Labute approximate surface area is 204 Å². The summed E-state index contributed by atoms with van der Waals surface area (Å²) in [6.07, 6.45) is 0. The molecule has 0 heterocycles. The number of hydrogen-bond donors (Lipinski definition) is 2. The van der Waals surface area contributed by atoms with E-state index in [0.717, 1.165) is 0 Å². The third-order valence-electron chi connectivity index (χ3n) is 5.79. The highest BCUT2D eigenvalue weighted by Gasteiger charge is 2.28. The number of sulfonamides is 1. The van der Waals surface area contributed by atoms with Gasteiger partial charge in [-0.15, -0.1) is 0 Å². The largest absolute Gasteiger partial charge is 0.496 e. The Kier molecular flexibility index (Phi) is 6.68. The van der Waals surface area contributed by atoms with E-state index in [1.54, 1.807) is 33.5 Å². The van der Waals surface area contributed by atoms with Crippen LogP contribution in [-0.2, 0) is 10.0 Å². The van der Waals surface area contributed by atoms with Gasteiger partial charge in [-0.1, -0.05) is 54.6 Å². The van der Waals surface area contributed by atoms with Crippen molar-refractivity contribution >= 4 is 15.7 Å².